The van der Waals surface area contributed by atoms with Crippen molar-refractivity contribution in [2.24, 2.45) is 5.10 Å². The van der Waals surface area contributed by atoms with Crippen molar-refractivity contribution in [2.75, 3.05) is 0 Å². The second-order valence-electron chi connectivity index (χ2n) is 4.75. The van der Waals surface area contributed by atoms with E-state index in [2.05, 4.69) is 15.5 Å². The van der Waals surface area contributed by atoms with Gasteiger partial charge in [0, 0.05) is 22.2 Å². The maximum Gasteiger partial charge on any atom is 0.272 e. The molecule has 1 aromatic heterocycles. The molecule has 1 amide bonds. The molecule has 3 aromatic rings. The highest BCUT2D eigenvalue weighted by atomic mass is 35.5. The number of hydrogen-bond donors (Lipinski definition) is 1. The minimum atomic E-state index is -0.406. The Morgan fingerprint density at radius 3 is 2.78 bits per heavy atom. The highest BCUT2D eigenvalue weighted by Crippen LogP contribution is 2.20. The van der Waals surface area contributed by atoms with Crippen LogP contribution in [-0.4, -0.2) is 17.1 Å². The molecule has 0 aliphatic carbocycles. The van der Waals surface area contributed by atoms with E-state index in [1.807, 2.05) is 30.3 Å². The maximum absolute atomic E-state index is 12.1. The normalized spacial score (nSPS) is 11.0. The number of hydrazone groups is 1. The Labute approximate surface area is 142 Å². The van der Waals surface area contributed by atoms with Crippen molar-refractivity contribution in [3.05, 3.63) is 75.9 Å². The number of benzene rings is 2. The summed E-state index contributed by atoms with van der Waals surface area (Å²) in [6.07, 6.45) is 3.27. The molecule has 23 heavy (non-hydrogen) atoms. The molecular formula is C17H11Cl2N3O. The van der Waals surface area contributed by atoms with Crippen LogP contribution in [0, 0.1) is 0 Å². The number of nitrogens with zero attached hydrogens (tertiary/aromatic N) is 2. The van der Waals surface area contributed by atoms with Crippen LogP contribution >= 0.6 is 23.2 Å². The Morgan fingerprint density at radius 1 is 1.13 bits per heavy atom. The van der Waals surface area contributed by atoms with Gasteiger partial charge in [0.25, 0.3) is 5.91 Å². The predicted octanol–water partition coefficient (Wildman–Crippen LogP) is 4.31. The van der Waals surface area contributed by atoms with Gasteiger partial charge >= 0.3 is 0 Å². The van der Waals surface area contributed by atoms with Gasteiger partial charge in [-0.1, -0.05) is 47.5 Å². The van der Waals surface area contributed by atoms with Crippen molar-refractivity contribution < 1.29 is 4.79 Å². The summed E-state index contributed by atoms with van der Waals surface area (Å²) >= 11 is 11.8. The van der Waals surface area contributed by atoms with Gasteiger partial charge in [-0.15, -0.1) is 0 Å². The SMILES string of the molecule is O=C(N/N=C/c1cccc2cccnc12)c1ccc(Cl)cc1Cl. The first-order valence-corrected chi connectivity index (χ1v) is 7.53. The van der Waals surface area contributed by atoms with E-state index in [-0.39, 0.29) is 5.02 Å². The van der Waals surface area contributed by atoms with E-state index in [0.29, 0.717) is 10.6 Å². The zero-order valence-electron chi connectivity index (χ0n) is 11.8. The lowest BCUT2D eigenvalue weighted by Gasteiger charge is -2.03. The van der Waals surface area contributed by atoms with Gasteiger partial charge in [0.1, 0.15) is 0 Å². The van der Waals surface area contributed by atoms with Gasteiger partial charge in [-0.3, -0.25) is 9.78 Å². The molecule has 0 saturated carbocycles. The first-order chi connectivity index (χ1) is 11.1. The second kappa shape index (κ2) is 6.77. The number of para-hydroxylation sites is 1. The molecule has 114 valence electrons. The largest absolute Gasteiger partial charge is 0.272 e. The van der Waals surface area contributed by atoms with Gasteiger partial charge in [0.2, 0.25) is 0 Å². The number of hydrogen-bond acceptors (Lipinski definition) is 3. The van der Waals surface area contributed by atoms with Crippen molar-refractivity contribution >= 4 is 46.2 Å². The molecule has 3 rings (SSSR count). The molecule has 0 saturated heterocycles. The standard InChI is InChI=1S/C17H11Cl2N3O/c18-13-6-7-14(15(19)9-13)17(23)22-21-10-12-4-1-3-11-5-2-8-20-16(11)12/h1-10H,(H,22,23)/b21-10+. The molecule has 0 aliphatic heterocycles. The Kier molecular flexibility index (Phi) is 4.55. The summed E-state index contributed by atoms with van der Waals surface area (Å²) in [5.41, 5.74) is 4.39. The van der Waals surface area contributed by atoms with E-state index in [1.165, 1.54) is 6.07 Å². The molecule has 0 spiro atoms. The van der Waals surface area contributed by atoms with E-state index < -0.39 is 5.91 Å². The lowest BCUT2D eigenvalue weighted by molar-refractivity contribution is 0.0955. The van der Waals surface area contributed by atoms with E-state index >= 15 is 0 Å². The van der Waals surface area contributed by atoms with Crippen LogP contribution < -0.4 is 5.43 Å². The zero-order chi connectivity index (χ0) is 16.2. The van der Waals surface area contributed by atoms with Gasteiger partial charge in [0.15, 0.2) is 0 Å². The molecular weight excluding hydrogens is 333 g/mol. The Bertz CT molecular complexity index is 904. The first-order valence-electron chi connectivity index (χ1n) is 6.77. The second-order valence-corrected chi connectivity index (χ2v) is 5.59. The number of aromatic nitrogens is 1. The van der Waals surface area contributed by atoms with Gasteiger partial charge < -0.3 is 0 Å². The molecule has 0 unspecified atom stereocenters. The fourth-order valence-corrected chi connectivity index (χ4v) is 2.62. The van der Waals surface area contributed by atoms with E-state index in [9.17, 15) is 4.79 Å². The van der Waals surface area contributed by atoms with Crippen LogP contribution in [0.3, 0.4) is 0 Å². The van der Waals surface area contributed by atoms with Crippen LogP contribution in [0.5, 0.6) is 0 Å². The van der Waals surface area contributed by atoms with Gasteiger partial charge in [-0.05, 0) is 24.3 Å². The highest BCUT2D eigenvalue weighted by Gasteiger charge is 2.09. The average Bonchev–Trinajstić information content (AvgIpc) is 2.55. The van der Waals surface area contributed by atoms with Crippen molar-refractivity contribution in [1.29, 1.82) is 0 Å². The minimum Gasteiger partial charge on any atom is -0.267 e. The van der Waals surface area contributed by atoms with Gasteiger partial charge in [-0.2, -0.15) is 5.10 Å². The Hall–Kier alpha value is -2.43. The first kappa shape index (κ1) is 15.5. The molecule has 0 atom stereocenters. The highest BCUT2D eigenvalue weighted by molar-refractivity contribution is 6.36. The summed E-state index contributed by atoms with van der Waals surface area (Å²) in [5, 5.41) is 5.72. The van der Waals surface area contributed by atoms with Crippen LogP contribution in [0.2, 0.25) is 10.0 Å². The molecule has 1 heterocycles. The summed E-state index contributed by atoms with van der Waals surface area (Å²) in [7, 11) is 0. The lowest BCUT2D eigenvalue weighted by Crippen LogP contribution is -2.18. The van der Waals surface area contributed by atoms with Crippen LogP contribution in [-0.2, 0) is 0 Å². The number of rotatable bonds is 3. The molecule has 2 aromatic carbocycles. The summed E-state index contributed by atoms with van der Waals surface area (Å²) in [6.45, 7) is 0. The molecule has 0 fully saturated rings. The van der Waals surface area contributed by atoms with Crippen molar-refractivity contribution in [3.8, 4) is 0 Å². The summed E-state index contributed by atoms with van der Waals surface area (Å²) in [6, 6.07) is 14.2. The summed E-state index contributed by atoms with van der Waals surface area (Å²) < 4.78 is 0. The van der Waals surface area contributed by atoms with Crippen molar-refractivity contribution in [3.63, 3.8) is 0 Å². The van der Waals surface area contributed by atoms with E-state index in [4.69, 9.17) is 23.2 Å². The number of amides is 1. The van der Waals surface area contributed by atoms with E-state index in [1.54, 1.807) is 24.5 Å². The third-order valence-corrected chi connectivity index (χ3v) is 3.76. The fraction of sp³-hybridized carbons (Fsp3) is 0. The number of carbonyl (C=O) groups is 1. The van der Waals surface area contributed by atoms with Gasteiger partial charge in [-0.25, -0.2) is 5.43 Å². The third kappa shape index (κ3) is 3.50. The number of carbonyl (C=O) groups excluding carboxylic acids is 1. The molecule has 0 aliphatic rings. The predicted molar refractivity (Wildman–Crippen MR) is 93.3 cm³/mol. The fourth-order valence-electron chi connectivity index (χ4n) is 2.13. The van der Waals surface area contributed by atoms with Crippen LogP contribution in [0.4, 0.5) is 0 Å². The zero-order valence-corrected chi connectivity index (χ0v) is 13.3. The van der Waals surface area contributed by atoms with Crippen LogP contribution in [0.15, 0.2) is 59.8 Å². The Balaban J connectivity index is 1.79. The number of fused-ring (bicyclic) bond motifs is 1. The topological polar surface area (TPSA) is 54.4 Å². The number of nitrogens with one attached hydrogen (secondary N) is 1. The van der Waals surface area contributed by atoms with E-state index in [0.717, 1.165) is 16.5 Å². The van der Waals surface area contributed by atoms with Crippen LogP contribution in [0.1, 0.15) is 15.9 Å². The van der Waals surface area contributed by atoms with Crippen molar-refractivity contribution in [2.45, 2.75) is 0 Å². The molecule has 1 N–H and O–H groups in total. The van der Waals surface area contributed by atoms with Crippen LogP contribution in [0.25, 0.3) is 10.9 Å². The Morgan fingerprint density at radius 2 is 1.96 bits per heavy atom. The molecule has 0 bridgehead atoms. The average molecular weight is 344 g/mol. The molecule has 6 heteroatoms. The number of pyridine rings is 1. The monoisotopic (exact) mass is 343 g/mol. The molecule has 4 nitrogen and oxygen atoms in total. The van der Waals surface area contributed by atoms with Gasteiger partial charge in [0.05, 0.1) is 22.3 Å². The molecule has 0 radical (unpaired) electrons. The summed E-state index contributed by atoms with van der Waals surface area (Å²) in [5.74, 6) is -0.406. The van der Waals surface area contributed by atoms with Crippen molar-refractivity contribution in [1.82, 2.24) is 10.4 Å². The third-order valence-electron chi connectivity index (χ3n) is 3.21. The smallest absolute Gasteiger partial charge is 0.267 e. The minimum absolute atomic E-state index is 0.275. The number of halogens is 2. The quantitative estimate of drug-likeness (QED) is 0.569. The maximum atomic E-state index is 12.1. The lowest BCUT2D eigenvalue weighted by atomic mass is 10.1. The summed E-state index contributed by atoms with van der Waals surface area (Å²) in [4.78, 5) is 16.4.